The van der Waals surface area contributed by atoms with E-state index < -0.39 is 30.2 Å². The van der Waals surface area contributed by atoms with Crippen LogP contribution in [-0.4, -0.2) is 65.1 Å². The minimum Gasteiger partial charge on any atom is -0.467 e. The maximum Gasteiger partial charge on any atom is 0.410 e. The van der Waals surface area contributed by atoms with Gasteiger partial charge >= 0.3 is 12.1 Å². The molecule has 0 spiro atoms. The molecule has 0 saturated carbocycles. The third-order valence-electron chi connectivity index (χ3n) is 10.1. The Morgan fingerprint density at radius 2 is 1.47 bits per heavy atom. The number of aromatic amines is 1. The van der Waals surface area contributed by atoms with Crippen LogP contribution in [0.2, 0.25) is 0 Å². The number of likely N-dealkylation sites (tertiary alicyclic amines) is 1. The summed E-state index contributed by atoms with van der Waals surface area (Å²) in [5.41, 5.74) is 8.24. The predicted molar refractivity (Wildman–Crippen MR) is 178 cm³/mol. The van der Waals surface area contributed by atoms with Crippen molar-refractivity contribution in [2.45, 2.75) is 43.3 Å². The summed E-state index contributed by atoms with van der Waals surface area (Å²) < 4.78 is 11.3. The molecule has 3 aliphatic rings. The van der Waals surface area contributed by atoms with E-state index in [1.807, 2.05) is 78.9 Å². The summed E-state index contributed by atoms with van der Waals surface area (Å²) in [5.74, 6) is -0.859. The normalized spacial score (nSPS) is 20.1. The summed E-state index contributed by atoms with van der Waals surface area (Å²) in [6, 6.07) is 31.9. The minimum absolute atomic E-state index is 0.0863. The van der Waals surface area contributed by atoms with Gasteiger partial charge in [0, 0.05) is 35.5 Å². The molecule has 0 unspecified atom stereocenters. The molecule has 8 heteroatoms. The first-order valence-corrected chi connectivity index (χ1v) is 16.2. The van der Waals surface area contributed by atoms with Gasteiger partial charge in [0.15, 0.2) is 0 Å². The van der Waals surface area contributed by atoms with Crippen LogP contribution in [0.15, 0.2) is 103 Å². The first-order chi connectivity index (χ1) is 23.0. The molecule has 236 valence electrons. The van der Waals surface area contributed by atoms with Crippen LogP contribution in [0.5, 0.6) is 0 Å². The van der Waals surface area contributed by atoms with Crippen molar-refractivity contribution in [3.05, 3.63) is 131 Å². The monoisotopic (exact) mass is 625 g/mol. The van der Waals surface area contributed by atoms with Crippen molar-refractivity contribution in [1.82, 2.24) is 14.8 Å². The lowest BCUT2D eigenvalue weighted by atomic mass is 9.87. The van der Waals surface area contributed by atoms with Gasteiger partial charge in [-0.15, -0.1) is 0 Å². The highest BCUT2D eigenvalue weighted by molar-refractivity contribution is 5.94. The molecular weight excluding hydrogens is 590 g/mol. The Hall–Kier alpha value is -5.37. The smallest absolute Gasteiger partial charge is 0.410 e. The highest BCUT2D eigenvalue weighted by Crippen LogP contribution is 2.45. The van der Waals surface area contributed by atoms with Crippen LogP contribution in [0.25, 0.3) is 22.0 Å². The second-order valence-electron chi connectivity index (χ2n) is 12.5. The largest absolute Gasteiger partial charge is 0.467 e. The van der Waals surface area contributed by atoms with Gasteiger partial charge in [-0.2, -0.15) is 0 Å². The van der Waals surface area contributed by atoms with Crippen molar-refractivity contribution in [2.24, 2.45) is 0 Å². The van der Waals surface area contributed by atoms with Crippen LogP contribution in [0.1, 0.15) is 52.7 Å². The second-order valence-corrected chi connectivity index (χ2v) is 12.5. The van der Waals surface area contributed by atoms with E-state index in [4.69, 9.17) is 9.47 Å². The standard InChI is InChI=1S/C39H35N3O5/c1-46-38(44)34-22-30-29-18-9-10-19-32(29)40-35(30)36(24-12-3-2-4-13-24)42(34)37(43)33-20-11-21-41(33)39(45)47-23-31-27-16-7-5-14-25(27)26-15-6-8-17-28(26)31/h2-10,12-19,31,33-34,36,40H,11,20-23H2,1H3/t33-,34-,36-/m0/s1. The molecule has 2 aliphatic heterocycles. The maximum atomic E-state index is 14.8. The van der Waals surface area contributed by atoms with Crippen molar-refractivity contribution in [3.63, 3.8) is 0 Å². The van der Waals surface area contributed by atoms with E-state index in [0.29, 0.717) is 25.8 Å². The number of fused-ring (bicyclic) bond motifs is 6. The lowest BCUT2D eigenvalue weighted by Gasteiger charge is -2.43. The Balaban J connectivity index is 1.11. The number of hydrogen-bond acceptors (Lipinski definition) is 5. The fourth-order valence-corrected chi connectivity index (χ4v) is 7.95. The van der Waals surface area contributed by atoms with Crippen LogP contribution in [0, 0.1) is 0 Å². The molecule has 3 heterocycles. The summed E-state index contributed by atoms with van der Waals surface area (Å²) in [5, 5.41) is 1.02. The number of benzene rings is 4. The highest BCUT2D eigenvalue weighted by atomic mass is 16.6. The van der Waals surface area contributed by atoms with Crippen LogP contribution >= 0.6 is 0 Å². The van der Waals surface area contributed by atoms with Crippen LogP contribution in [0.4, 0.5) is 4.79 Å². The molecule has 0 radical (unpaired) electrons. The van der Waals surface area contributed by atoms with Crippen molar-refractivity contribution in [1.29, 1.82) is 0 Å². The number of aromatic nitrogens is 1. The van der Waals surface area contributed by atoms with E-state index in [1.165, 1.54) is 7.11 Å². The number of hydrogen-bond donors (Lipinski definition) is 1. The van der Waals surface area contributed by atoms with Gasteiger partial charge in [0.2, 0.25) is 5.91 Å². The fourth-order valence-electron chi connectivity index (χ4n) is 7.95. The van der Waals surface area contributed by atoms with Crippen LogP contribution in [-0.2, 0) is 25.5 Å². The number of nitrogens with zero attached hydrogens (tertiary/aromatic N) is 2. The molecule has 8 rings (SSSR count). The molecule has 5 aromatic rings. The van der Waals surface area contributed by atoms with Gasteiger partial charge in [0.1, 0.15) is 18.7 Å². The van der Waals surface area contributed by atoms with Crippen molar-refractivity contribution >= 4 is 28.9 Å². The van der Waals surface area contributed by atoms with Crippen molar-refractivity contribution < 1.29 is 23.9 Å². The number of amides is 2. The molecule has 8 nitrogen and oxygen atoms in total. The third kappa shape index (κ3) is 4.78. The summed E-state index contributed by atoms with van der Waals surface area (Å²) in [7, 11) is 1.35. The SMILES string of the molecule is COC(=O)[C@@H]1Cc2c([nH]c3ccccc23)[C@H](c2ccccc2)N1C(=O)[C@@H]1CCCN1C(=O)OCC1c2ccccc2-c2ccccc21. The topological polar surface area (TPSA) is 91.9 Å². The molecular formula is C39H35N3O5. The lowest BCUT2D eigenvalue weighted by molar-refractivity contribution is -0.156. The summed E-state index contributed by atoms with van der Waals surface area (Å²) in [4.78, 5) is 48.8. The van der Waals surface area contributed by atoms with E-state index >= 15 is 0 Å². The fraction of sp³-hybridized carbons (Fsp3) is 0.256. The van der Waals surface area contributed by atoms with Crippen LogP contribution < -0.4 is 0 Å². The summed E-state index contributed by atoms with van der Waals surface area (Å²) >= 11 is 0. The van der Waals surface area contributed by atoms with Crippen molar-refractivity contribution in [3.8, 4) is 11.1 Å². The van der Waals surface area contributed by atoms with E-state index in [1.54, 1.807) is 9.80 Å². The quantitative estimate of drug-likeness (QED) is 0.222. The van der Waals surface area contributed by atoms with Crippen molar-refractivity contribution in [2.75, 3.05) is 20.3 Å². The number of esters is 1. The highest BCUT2D eigenvalue weighted by Gasteiger charge is 2.48. The Bertz CT molecular complexity index is 1960. The predicted octanol–water partition coefficient (Wildman–Crippen LogP) is 6.60. The van der Waals surface area contributed by atoms with Gasteiger partial charge in [-0.25, -0.2) is 9.59 Å². The summed E-state index contributed by atoms with van der Waals surface area (Å²) in [6.07, 6.45) is 0.926. The molecule has 47 heavy (non-hydrogen) atoms. The molecule has 1 N–H and O–H groups in total. The van der Waals surface area contributed by atoms with Gasteiger partial charge in [0.05, 0.1) is 13.2 Å². The first kappa shape index (κ1) is 29.1. The zero-order valence-corrected chi connectivity index (χ0v) is 26.1. The number of H-pyrrole nitrogens is 1. The zero-order valence-electron chi connectivity index (χ0n) is 26.1. The van der Waals surface area contributed by atoms with Gasteiger partial charge in [-0.3, -0.25) is 9.69 Å². The number of methoxy groups -OCH3 is 1. The number of carbonyl (C=O) groups is 3. The molecule has 3 atom stereocenters. The van der Waals surface area contributed by atoms with E-state index in [-0.39, 0.29) is 18.4 Å². The number of rotatable bonds is 5. The Kier molecular flexibility index (Phi) is 7.28. The Morgan fingerprint density at radius 3 is 2.19 bits per heavy atom. The van der Waals surface area contributed by atoms with E-state index in [0.717, 1.165) is 50.0 Å². The Labute approximate surface area is 272 Å². The van der Waals surface area contributed by atoms with Gasteiger partial charge in [-0.05, 0) is 52.3 Å². The zero-order chi connectivity index (χ0) is 32.1. The number of carbonyl (C=O) groups excluding carboxylic acids is 3. The van der Waals surface area contributed by atoms with Gasteiger partial charge in [-0.1, -0.05) is 97.1 Å². The average Bonchev–Trinajstić information content (AvgIpc) is 3.84. The number of nitrogens with one attached hydrogen (secondary N) is 1. The Morgan fingerprint density at radius 1 is 0.809 bits per heavy atom. The third-order valence-corrected chi connectivity index (χ3v) is 10.1. The van der Waals surface area contributed by atoms with Gasteiger partial charge < -0.3 is 19.4 Å². The molecule has 1 aliphatic carbocycles. The lowest BCUT2D eigenvalue weighted by Crippen LogP contribution is -2.57. The number of ether oxygens (including phenoxy) is 2. The van der Waals surface area contributed by atoms with Crippen LogP contribution in [0.3, 0.4) is 0 Å². The maximum absolute atomic E-state index is 14.8. The van der Waals surface area contributed by atoms with E-state index in [2.05, 4.69) is 29.2 Å². The second kappa shape index (κ2) is 11.8. The molecule has 0 bridgehead atoms. The average molecular weight is 626 g/mol. The molecule has 1 saturated heterocycles. The first-order valence-electron chi connectivity index (χ1n) is 16.2. The summed E-state index contributed by atoms with van der Waals surface area (Å²) in [6.45, 7) is 0.571. The molecule has 4 aromatic carbocycles. The molecule has 2 amide bonds. The minimum atomic E-state index is -0.866. The van der Waals surface area contributed by atoms with E-state index in [9.17, 15) is 14.4 Å². The molecule has 1 fully saturated rings. The number of para-hydroxylation sites is 1. The van der Waals surface area contributed by atoms with Gasteiger partial charge in [0.25, 0.3) is 0 Å². The molecule has 1 aromatic heterocycles.